The van der Waals surface area contributed by atoms with E-state index in [1.165, 1.54) is 24.8 Å². The van der Waals surface area contributed by atoms with Gasteiger partial charge in [0, 0.05) is 12.6 Å². The van der Waals surface area contributed by atoms with Gasteiger partial charge in [-0.3, -0.25) is 4.79 Å². The predicted molar refractivity (Wildman–Crippen MR) is 95.7 cm³/mol. The van der Waals surface area contributed by atoms with E-state index < -0.39 is 5.97 Å². The lowest BCUT2D eigenvalue weighted by molar-refractivity contribution is -0.134. The second-order valence-electron chi connectivity index (χ2n) is 5.53. The number of rotatable bonds is 6. The first kappa shape index (κ1) is 18.7. The summed E-state index contributed by atoms with van der Waals surface area (Å²) in [5, 5.41) is 7.31. The lowest BCUT2D eigenvalue weighted by Crippen LogP contribution is -2.24. The number of nitrogens with zero attached hydrogens (tertiary/aromatic N) is 2. The lowest BCUT2D eigenvalue weighted by atomic mass is 10.1. The molecule has 7 heteroatoms. The second-order valence-corrected chi connectivity index (χ2v) is 5.89. The molecule has 0 unspecified atom stereocenters. The van der Waals surface area contributed by atoms with E-state index in [0.717, 1.165) is 5.56 Å². The van der Waals surface area contributed by atoms with E-state index in [1.807, 2.05) is 31.2 Å². The van der Waals surface area contributed by atoms with Gasteiger partial charge in [-0.1, -0.05) is 47.5 Å². The number of carbonyl (C=O) groups is 2. The molecule has 2 aromatic rings. The Labute approximate surface area is 151 Å². The van der Waals surface area contributed by atoms with Gasteiger partial charge < -0.3 is 10.1 Å². The van der Waals surface area contributed by atoms with Crippen molar-refractivity contribution in [1.82, 2.24) is 15.1 Å². The van der Waals surface area contributed by atoms with E-state index in [0.29, 0.717) is 17.8 Å². The van der Waals surface area contributed by atoms with Gasteiger partial charge in [0.15, 0.2) is 0 Å². The van der Waals surface area contributed by atoms with Crippen LogP contribution >= 0.6 is 11.6 Å². The maximum Gasteiger partial charge on any atom is 0.330 e. The number of hydrogen-bond donors (Lipinski definition) is 1. The molecule has 0 aliphatic rings. The van der Waals surface area contributed by atoms with Crippen LogP contribution in [0.5, 0.6) is 0 Å². The van der Waals surface area contributed by atoms with Crippen molar-refractivity contribution in [2.75, 3.05) is 13.7 Å². The largest absolute Gasteiger partial charge is 0.466 e. The maximum atomic E-state index is 12.3. The Kier molecular flexibility index (Phi) is 6.36. The van der Waals surface area contributed by atoms with Crippen molar-refractivity contribution in [3.63, 3.8) is 0 Å². The number of esters is 1. The van der Waals surface area contributed by atoms with Gasteiger partial charge in [0.05, 0.1) is 24.9 Å². The summed E-state index contributed by atoms with van der Waals surface area (Å²) in [6.07, 6.45) is 2.75. The van der Waals surface area contributed by atoms with Crippen LogP contribution in [0.15, 0.2) is 36.4 Å². The Morgan fingerprint density at radius 1 is 1.28 bits per heavy atom. The van der Waals surface area contributed by atoms with Crippen LogP contribution in [0.2, 0.25) is 5.15 Å². The molecule has 1 aromatic heterocycles. The molecule has 0 saturated carbocycles. The van der Waals surface area contributed by atoms with Crippen molar-refractivity contribution in [3.8, 4) is 0 Å². The van der Waals surface area contributed by atoms with Crippen molar-refractivity contribution in [2.45, 2.75) is 20.4 Å². The quantitative estimate of drug-likeness (QED) is 0.634. The van der Waals surface area contributed by atoms with Gasteiger partial charge in [-0.25, -0.2) is 9.48 Å². The van der Waals surface area contributed by atoms with Crippen molar-refractivity contribution < 1.29 is 14.3 Å². The van der Waals surface area contributed by atoms with Crippen LogP contribution in [0.25, 0.3) is 0 Å². The number of aromatic nitrogens is 2. The molecule has 6 nitrogen and oxygen atoms in total. The van der Waals surface area contributed by atoms with E-state index in [1.54, 1.807) is 11.6 Å². The van der Waals surface area contributed by atoms with Gasteiger partial charge in [0.2, 0.25) is 0 Å². The van der Waals surface area contributed by atoms with E-state index in [4.69, 9.17) is 11.6 Å². The number of aryl methyl sites for hydroxylation is 2. The normalized spacial score (nSPS) is 10.9. The summed E-state index contributed by atoms with van der Waals surface area (Å²) in [6, 6.07) is 8.03. The molecule has 0 atom stereocenters. The number of ether oxygens (including phenoxy) is 1. The molecule has 2 rings (SSSR count). The predicted octanol–water partition coefficient (Wildman–Crippen LogP) is 2.66. The zero-order valence-electron chi connectivity index (χ0n) is 14.4. The van der Waals surface area contributed by atoms with Gasteiger partial charge in [0.25, 0.3) is 5.91 Å². The molecular formula is C18H20ClN3O3. The molecule has 1 aromatic carbocycles. The Morgan fingerprint density at radius 2 is 1.96 bits per heavy atom. The van der Waals surface area contributed by atoms with Crippen molar-refractivity contribution >= 4 is 23.5 Å². The fraction of sp³-hybridized carbons (Fsp3) is 0.278. The molecule has 0 aliphatic carbocycles. The SMILES string of the molecule is COC(=O)/C=C/CNC(=O)c1c(C)nn(Cc2ccc(C)cc2)c1Cl. The van der Waals surface area contributed by atoms with Crippen molar-refractivity contribution in [2.24, 2.45) is 0 Å². The topological polar surface area (TPSA) is 73.2 Å². The van der Waals surface area contributed by atoms with E-state index in [-0.39, 0.29) is 17.6 Å². The maximum absolute atomic E-state index is 12.3. The molecule has 0 radical (unpaired) electrons. The molecule has 0 saturated heterocycles. The molecular weight excluding hydrogens is 342 g/mol. The third-order valence-electron chi connectivity index (χ3n) is 3.58. The zero-order valence-corrected chi connectivity index (χ0v) is 15.1. The molecule has 1 amide bonds. The third-order valence-corrected chi connectivity index (χ3v) is 3.97. The number of hydrogen-bond acceptors (Lipinski definition) is 4. The monoisotopic (exact) mass is 361 g/mol. The Hall–Kier alpha value is -2.60. The minimum absolute atomic E-state index is 0.187. The third kappa shape index (κ3) is 4.93. The molecule has 132 valence electrons. The smallest absolute Gasteiger partial charge is 0.330 e. The highest BCUT2D eigenvalue weighted by atomic mass is 35.5. The van der Waals surface area contributed by atoms with Gasteiger partial charge >= 0.3 is 5.97 Å². The summed E-state index contributed by atoms with van der Waals surface area (Å²) in [5.41, 5.74) is 3.10. The first-order valence-corrected chi connectivity index (χ1v) is 8.11. The zero-order chi connectivity index (χ0) is 18.4. The summed E-state index contributed by atoms with van der Waals surface area (Å²) >= 11 is 6.34. The first-order valence-electron chi connectivity index (χ1n) is 7.73. The van der Waals surface area contributed by atoms with Gasteiger partial charge in [-0.2, -0.15) is 5.10 Å². The fourth-order valence-corrected chi connectivity index (χ4v) is 2.57. The lowest BCUT2D eigenvalue weighted by Gasteiger charge is -2.05. The fourth-order valence-electron chi connectivity index (χ4n) is 2.25. The molecule has 25 heavy (non-hydrogen) atoms. The minimum Gasteiger partial charge on any atom is -0.466 e. The van der Waals surface area contributed by atoms with Crippen molar-refractivity contribution in [1.29, 1.82) is 0 Å². The van der Waals surface area contributed by atoms with E-state index in [9.17, 15) is 9.59 Å². The van der Waals surface area contributed by atoms with Gasteiger partial charge in [-0.15, -0.1) is 0 Å². The summed E-state index contributed by atoms with van der Waals surface area (Å²) in [7, 11) is 1.29. The minimum atomic E-state index is -0.477. The summed E-state index contributed by atoms with van der Waals surface area (Å²) in [4.78, 5) is 23.3. The second kappa shape index (κ2) is 8.48. The van der Waals surface area contributed by atoms with Crippen LogP contribution in [0, 0.1) is 13.8 Å². The highest BCUT2D eigenvalue weighted by molar-refractivity contribution is 6.33. The standard InChI is InChI=1S/C18H20ClN3O3/c1-12-6-8-14(9-7-12)11-22-17(19)16(13(2)21-22)18(24)20-10-4-5-15(23)25-3/h4-9H,10-11H2,1-3H3,(H,20,24)/b5-4+. The van der Waals surface area contributed by atoms with Crippen LogP contribution in [0.4, 0.5) is 0 Å². The summed E-state index contributed by atoms with van der Waals surface area (Å²) in [6.45, 7) is 4.42. The first-order chi connectivity index (χ1) is 11.9. The van der Waals surface area contributed by atoms with Crippen LogP contribution in [0.3, 0.4) is 0 Å². The average molecular weight is 362 g/mol. The Balaban J connectivity index is 2.07. The van der Waals surface area contributed by atoms with Crippen LogP contribution in [-0.4, -0.2) is 35.3 Å². The summed E-state index contributed by atoms with van der Waals surface area (Å²) in [5.74, 6) is -0.818. The number of halogens is 1. The number of nitrogens with one attached hydrogen (secondary N) is 1. The van der Waals surface area contributed by atoms with Crippen molar-refractivity contribution in [3.05, 3.63) is 64.0 Å². The van der Waals surface area contributed by atoms with Crippen LogP contribution in [0.1, 0.15) is 27.2 Å². The van der Waals surface area contributed by atoms with Gasteiger partial charge in [0.1, 0.15) is 5.15 Å². The van der Waals surface area contributed by atoms with Gasteiger partial charge in [-0.05, 0) is 19.4 Å². The highest BCUT2D eigenvalue weighted by Crippen LogP contribution is 2.21. The number of benzene rings is 1. The van der Waals surface area contributed by atoms with E-state index in [2.05, 4.69) is 15.2 Å². The molecule has 0 fully saturated rings. The average Bonchev–Trinajstić information content (AvgIpc) is 2.87. The number of amides is 1. The van der Waals surface area contributed by atoms with E-state index >= 15 is 0 Å². The molecule has 0 aliphatic heterocycles. The highest BCUT2D eigenvalue weighted by Gasteiger charge is 2.19. The Morgan fingerprint density at radius 3 is 2.60 bits per heavy atom. The van der Waals surface area contributed by atoms with Crippen LogP contribution < -0.4 is 5.32 Å². The molecule has 1 heterocycles. The molecule has 0 bridgehead atoms. The van der Waals surface area contributed by atoms with Crippen LogP contribution in [-0.2, 0) is 16.1 Å². The number of methoxy groups -OCH3 is 1. The Bertz CT molecular complexity index is 795. The molecule has 1 N–H and O–H groups in total. The molecule has 0 spiro atoms. The summed E-state index contributed by atoms with van der Waals surface area (Å²) < 4.78 is 6.07. The number of carbonyl (C=O) groups excluding carboxylic acids is 2.